The second kappa shape index (κ2) is 6.51. The predicted octanol–water partition coefficient (Wildman–Crippen LogP) is 3.65. The zero-order chi connectivity index (χ0) is 15.6. The minimum absolute atomic E-state index is 0.00839. The number of rotatable bonds is 5. The van der Waals surface area contributed by atoms with Crippen LogP contribution in [0.2, 0.25) is 5.02 Å². The van der Waals surface area contributed by atoms with E-state index < -0.39 is 29.2 Å². The number of hydrogen-bond acceptors (Lipinski definition) is 2. The molecule has 0 unspecified atom stereocenters. The van der Waals surface area contributed by atoms with Gasteiger partial charge in [0.1, 0.15) is 0 Å². The third-order valence-corrected chi connectivity index (χ3v) is 5.09. The van der Waals surface area contributed by atoms with Crippen molar-refractivity contribution in [2.75, 3.05) is 13.6 Å². The third-order valence-electron chi connectivity index (χ3n) is 2.58. The van der Waals surface area contributed by atoms with Crippen LogP contribution in [0.5, 0.6) is 0 Å². The maximum Gasteiger partial charge on any atom is 0.390 e. The summed E-state index contributed by atoms with van der Waals surface area (Å²) >= 11 is 11.4. The first-order valence-electron chi connectivity index (χ1n) is 5.45. The van der Waals surface area contributed by atoms with Crippen LogP contribution >= 0.6 is 23.2 Å². The molecule has 114 valence electrons. The van der Waals surface area contributed by atoms with Crippen LogP contribution in [0.25, 0.3) is 0 Å². The molecule has 0 fully saturated rings. The van der Waals surface area contributed by atoms with Crippen LogP contribution in [0.1, 0.15) is 12.0 Å². The van der Waals surface area contributed by atoms with Gasteiger partial charge in [-0.15, -0.1) is 11.6 Å². The van der Waals surface area contributed by atoms with Crippen LogP contribution in [0.4, 0.5) is 13.2 Å². The van der Waals surface area contributed by atoms with Crippen molar-refractivity contribution in [3.05, 3.63) is 28.8 Å². The van der Waals surface area contributed by atoms with E-state index in [-0.39, 0.29) is 10.8 Å². The Kier molecular flexibility index (Phi) is 5.71. The van der Waals surface area contributed by atoms with Gasteiger partial charge in [-0.3, -0.25) is 0 Å². The van der Waals surface area contributed by atoms with E-state index in [1.807, 2.05) is 0 Å². The molecule has 1 aromatic carbocycles. The van der Waals surface area contributed by atoms with E-state index in [0.29, 0.717) is 14.9 Å². The largest absolute Gasteiger partial charge is 0.390 e. The molecule has 0 N–H and O–H groups in total. The van der Waals surface area contributed by atoms with Gasteiger partial charge in [-0.25, -0.2) is 12.7 Å². The first kappa shape index (κ1) is 17.6. The Labute approximate surface area is 125 Å². The van der Waals surface area contributed by atoms with Crippen LogP contribution in [0.3, 0.4) is 0 Å². The lowest BCUT2D eigenvalue weighted by Gasteiger charge is -2.18. The van der Waals surface area contributed by atoms with Crippen molar-refractivity contribution in [2.24, 2.45) is 0 Å². The van der Waals surface area contributed by atoms with Gasteiger partial charge in [0.2, 0.25) is 10.0 Å². The Morgan fingerprint density at radius 2 is 1.90 bits per heavy atom. The number of hydrogen-bond donors (Lipinski definition) is 0. The van der Waals surface area contributed by atoms with E-state index in [2.05, 4.69) is 0 Å². The molecular weight excluding hydrogens is 338 g/mol. The summed E-state index contributed by atoms with van der Waals surface area (Å²) in [4.78, 5) is -0.137. The Bertz CT molecular complexity index is 576. The first-order chi connectivity index (χ1) is 9.08. The SMILES string of the molecule is CN(CCC(F)(F)F)S(=O)(=O)c1ccc(Cl)c(CCl)c1. The van der Waals surface area contributed by atoms with Gasteiger partial charge in [0.25, 0.3) is 0 Å². The summed E-state index contributed by atoms with van der Waals surface area (Å²) in [5, 5.41) is 0.303. The van der Waals surface area contributed by atoms with Crippen molar-refractivity contribution in [3.8, 4) is 0 Å². The highest BCUT2D eigenvalue weighted by atomic mass is 35.5. The lowest BCUT2D eigenvalue weighted by Crippen LogP contribution is -2.30. The Morgan fingerprint density at radius 1 is 1.30 bits per heavy atom. The number of sulfonamides is 1. The van der Waals surface area contributed by atoms with Crippen molar-refractivity contribution >= 4 is 33.2 Å². The molecule has 0 saturated carbocycles. The van der Waals surface area contributed by atoms with Gasteiger partial charge in [-0.05, 0) is 23.8 Å². The van der Waals surface area contributed by atoms with E-state index in [0.717, 1.165) is 7.05 Å². The molecule has 1 aromatic rings. The van der Waals surface area contributed by atoms with Crippen LogP contribution < -0.4 is 0 Å². The average Bonchev–Trinajstić information content (AvgIpc) is 2.35. The molecular formula is C11H12Cl2F3NO2S. The van der Waals surface area contributed by atoms with E-state index in [4.69, 9.17) is 23.2 Å². The molecule has 9 heteroatoms. The molecule has 0 atom stereocenters. The zero-order valence-electron chi connectivity index (χ0n) is 10.4. The van der Waals surface area contributed by atoms with Gasteiger partial charge in [0.05, 0.1) is 11.3 Å². The number of nitrogens with zero attached hydrogens (tertiary/aromatic N) is 1. The molecule has 20 heavy (non-hydrogen) atoms. The minimum atomic E-state index is -4.41. The molecule has 0 spiro atoms. The highest BCUT2D eigenvalue weighted by Gasteiger charge is 2.30. The molecule has 0 saturated heterocycles. The lowest BCUT2D eigenvalue weighted by molar-refractivity contribution is -0.135. The fraction of sp³-hybridized carbons (Fsp3) is 0.455. The highest BCUT2D eigenvalue weighted by Crippen LogP contribution is 2.25. The summed E-state index contributed by atoms with van der Waals surface area (Å²) in [7, 11) is -2.90. The molecule has 0 aromatic heterocycles. The monoisotopic (exact) mass is 349 g/mol. The van der Waals surface area contributed by atoms with Crippen LogP contribution in [0.15, 0.2) is 23.1 Å². The molecule has 0 bridgehead atoms. The summed E-state index contributed by atoms with van der Waals surface area (Å²) < 4.78 is 61.2. The molecule has 1 rings (SSSR count). The van der Waals surface area contributed by atoms with E-state index in [1.165, 1.54) is 18.2 Å². The van der Waals surface area contributed by atoms with Gasteiger partial charge in [0, 0.05) is 24.5 Å². The second-order valence-corrected chi connectivity index (χ2v) is 6.80. The molecule has 0 heterocycles. The molecule has 0 aliphatic rings. The van der Waals surface area contributed by atoms with Crippen LogP contribution in [-0.2, 0) is 15.9 Å². The predicted molar refractivity (Wildman–Crippen MR) is 71.5 cm³/mol. The van der Waals surface area contributed by atoms with Gasteiger partial charge in [0.15, 0.2) is 0 Å². The normalized spacial score (nSPS) is 12.9. The van der Waals surface area contributed by atoms with E-state index in [1.54, 1.807) is 0 Å². The fourth-order valence-electron chi connectivity index (χ4n) is 1.40. The summed E-state index contributed by atoms with van der Waals surface area (Å²) in [5.41, 5.74) is 0.402. The fourth-order valence-corrected chi connectivity index (χ4v) is 3.09. The summed E-state index contributed by atoms with van der Waals surface area (Å²) in [6.07, 6.45) is -5.62. The first-order valence-corrected chi connectivity index (χ1v) is 7.80. The molecule has 0 aliphatic carbocycles. The second-order valence-electron chi connectivity index (χ2n) is 4.08. The Balaban J connectivity index is 2.98. The van der Waals surface area contributed by atoms with Gasteiger partial charge < -0.3 is 0 Å². The van der Waals surface area contributed by atoms with Crippen molar-refractivity contribution in [2.45, 2.75) is 23.4 Å². The van der Waals surface area contributed by atoms with Crippen molar-refractivity contribution < 1.29 is 21.6 Å². The number of benzene rings is 1. The molecule has 0 radical (unpaired) electrons. The Hall–Kier alpha value is -0.500. The topological polar surface area (TPSA) is 37.4 Å². The third kappa shape index (κ3) is 4.51. The zero-order valence-corrected chi connectivity index (χ0v) is 12.7. The van der Waals surface area contributed by atoms with E-state index >= 15 is 0 Å². The van der Waals surface area contributed by atoms with Gasteiger partial charge in [-0.2, -0.15) is 13.2 Å². The van der Waals surface area contributed by atoms with Crippen molar-refractivity contribution in [3.63, 3.8) is 0 Å². The molecule has 0 amide bonds. The van der Waals surface area contributed by atoms with Gasteiger partial charge in [-0.1, -0.05) is 11.6 Å². The van der Waals surface area contributed by atoms with Crippen molar-refractivity contribution in [1.29, 1.82) is 0 Å². The summed E-state index contributed by atoms with van der Waals surface area (Å²) in [6, 6.07) is 3.84. The summed E-state index contributed by atoms with van der Waals surface area (Å²) in [5.74, 6) is 0.00839. The van der Waals surface area contributed by atoms with Crippen LogP contribution in [0, 0.1) is 0 Å². The molecule has 3 nitrogen and oxygen atoms in total. The lowest BCUT2D eigenvalue weighted by atomic mass is 10.2. The summed E-state index contributed by atoms with van der Waals surface area (Å²) in [6.45, 7) is -0.648. The number of alkyl halides is 4. The van der Waals surface area contributed by atoms with Gasteiger partial charge >= 0.3 is 6.18 Å². The Morgan fingerprint density at radius 3 is 2.40 bits per heavy atom. The highest BCUT2D eigenvalue weighted by molar-refractivity contribution is 7.89. The smallest absolute Gasteiger partial charge is 0.207 e. The van der Waals surface area contributed by atoms with Crippen LogP contribution in [-0.4, -0.2) is 32.5 Å². The molecule has 0 aliphatic heterocycles. The van der Waals surface area contributed by atoms with Crippen molar-refractivity contribution in [1.82, 2.24) is 4.31 Å². The minimum Gasteiger partial charge on any atom is -0.207 e. The van der Waals surface area contributed by atoms with E-state index in [9.17, 15) is 21.6 Å². The quantitative estimate of drug-likeness (QED) is 0.761. The average molecular weight is 350 g/mol. The maximum atomic E-state index is 12.1. The number of halogens is 5. The standard InChI is InChI=1S/C11H12Cl2F3NO2S/c1-17(5-4-11(14,15)16)20(18,19)9-2-3-10(13)8(6-9)7-12/h2-3,6H,4-5,7H2,1H3. The maximum absolute atomic E-state index is 12.1.